The smallest absolute Gasteiger partial charge is 0.410 e. The zero-order valence-corrected chi connectivity index (χ0v) is 22.4. The second-order valence-corrected chi connectivity index (χ2v) is 10.8. The largest absolute Gasteiger partial charge is 0.444 e. The van der Waals surface area contributed by atoms with E-state index in [1.807, 2.05) is 65.0 Å². The van der Waals surface area contributed by atoms with E-state index in [4.69, 9.17) is 4.74 Å². The number of carbonyl (C=O) groups excluding carboxylic acids is 2. The van der Waals surface area contributed by atoms with Crippen LogP contribution in [0.25, 0.3) is 22.5 Å². The molecular formula is C29H37N5O3. The number of rotatable bonds is 6. The number of nitrogens with zero attached hydrogens (tertiary/aromatic N) is 3. The van der Waals surface area contributed by atoms with Crippen LogP contribution in [0.3, 0.4) is 0 Å². The maximum absolute atomic E-state index is 12.4. The molecule has 1 aromatic heterocycles. The number of aromatic nitrogens is 2. The van der Waals surface area contributed by atoms with E-state index >= 15 is 0 Å². The molecule has 0 spiro atoms. The average molecular weight is 504 g/mol. The number of amides is 2. The summed E-state index contributed by atoms with van der Waals surface area (Å²) in [4.78, 5) is 28.8. The molecule has 0 bridgehead atoms. The maximum Gasteiger partial charge on any atom is 0.410 e. The fourth-order valence-electron chi connectivity index (χ4n) is 4.25. The van der Waals surface area contributed by atoms with Gasteiger partial charge in [0.15, 0.2) is 0 Å². The average Bonchev–Trinajstić information content (AvgIpc) is 3.34. The molecule has 1 aliphatic rings. The monoisotopic (exact) mass is 503 g/mol. The Labute approximate surface area is 219 Å². The van der Waals surface area contributed by atoms with Gasteiger partial charge in [0.05, 0.1) is 11.4 Å². The van der Waals surface area contributed by atoms with Crippen molar-refractivity contribution in [3.05, 3.63) is 65.7 Å². The van der Waals surface area contributed by atoms with Crippen LogP contribution in [-0.4, -0.2) is 69.8 Å². The summed E-state index contributed by atoms with van der Waals surface area (Å²) in [7, 11) is 0. The van der Waals surface area contributed by atoms with Crippen molar-refractivity contribution in [2.75, 3.05) is 26.2 Å². The zero-order valence-electron chi connectivity index (χ0n) is 22.4. The third kappa shape index (κ3) is 7.20. The molecule has 1 saturated heterocycles. The van der Waals surface area contributed by atoms with Crippen molar-refractivity contribution in [3.8, 4) is 22.5 Å². The van der Waals surface area contributed by atoms with E-state index in [0.717, 1.165) is 42.1 Å². The van der Waals surface area contributed by atoms with Crippen LogP contribution < -0.4 is 5.32 Å². The van der Waals surface area contributed by atoms with E-state index in [2.05, 4.69) is 44.7 Å². The summed E-state index contributed by atoms with van der Waals surface area (Å²) in [5, 5.41) is 10.5. The number of carbonyl (C=O) groups is 2. The first-order valence-electron chi connectivity index (χ1n) is 12.8. The lowest BCUT2D eigenvalue weighted by Gasteiger charge is -2.35. The van der Waals surface area contributed by atoms with Crippen LogP contribution in [-0.2, 0) is 11.3 Å². The van der Waals surface area contributed by atoms with E-state index in [1.165, 1.54) is 5.56 Å². The molecule has 196 valence electrons. The van der Waals surface area contributed by atoms with Gasteiger partial charge >= 0.3 is 6.09 Å². The van der Waals surface area contributed by atoms with Crippen LogP contribution in [0, 0.1) is 0 Å². The minimum atomic E-state index is -0.473. The molecule has 1 fully saturated rings. The van der Waals surface area contributed by atoms with Crippen LogP contribution >= 0.6 is 0 Å². The normalized spacial score (nSPS) is 14.6. The first-order valence-corrected chi connectivity index (χ1v) is 12.8. The van der Waals surface area contributed by atoms with Gasteiger partial charge in [-0.25, -0.2) is 4.79 Å². The summed E-state index contributed by atoms with van der Waals surface area (Å²) >= 11 is 0. The molecule has 0 atom stereocenters. The molecule has 0 aliphatic carbocycles. The Hall–Kier alpha value is -3.65. The third-order valence-corrected chi connectivity index (χ3v) is 6.11. The lowest BCUT2D eigenvalue weighted by Crippen LogP contribution is -2.49. The van der Waals surface area contributed by atoms with Crippen LogP contribution in [0.4, 0.5) is 4.79 Å². The van der Waals surface area contributed by atoms with Gasteiger partial charge in [0.25, 0.3) is 5.91 Å². The Balaban J connectivity index is 1.34. The van der Waals surface area contributed by atoms with E-state index in [0.29, 0.717) is 18.7 Å². The Morgan fingerprint density at radius 3 is 2.35 bits per heavy atom. The molecular weight excluding hydrogens is 466 g/mol. The van der Waals surface area contributed by atoms with Crippen molar-refractivity contribution in [1.82, 2.24) is 25.3 Å². The van der Waals surface area contributed by atoms with Crippen LogP contribution in [0.5, 0.6) is 0 Å². The minimum Gasteiger partial charge on any atom is -0.444 e. The standard InChI is InChI=1S/C29H37N5O3/c1-20(2)30-27(35)24-8-6-7-23(17-24)26-18-25(31-32-26)22-11-9-21(10-12-22)19-33-13-15-34(16-14-33)28(36)37-29(3,4)5/h6-12,17-18,20H,13-16,19H2,1-5H3,(H,30,35)(H,31,32). The minimum absolute atomic E-state index is 0.0814. The van der Waals surface area contributed by atoms with Crippen molar-refractivity contribution in [2.24, 2.45) is 0 Å². The van der Waals surface area contributed by atoms with Crippen molar-refractivity contribution in [1.29, 1.82) is 0 Å². The Morgan fingerprint density at radius 1 is 1.00 bits per heavy atom. The van der Waals surface area contributed by atoms with Crippen molar-refractivity contribution in [2.45, 2.75) is 52.8 Å². The molecule has 2 heterocycles. The highest BCUT2D eigenvalue weighted by Crippen LogP contribution is 2.25. The number of hydrogen-bond acceptors (Lipinski definition) is 5. The Morgan fingerprint density at radius 2 is 1.70 bits per heavy atom. The molecule has 1 aliphatic heterocycles. The van der Waals surface area contributed by atoms with Gasteiger partial charge in [0, 0.05) is 49.9 Å². The lowest BCUT2D eigenvalue weighted by atomic mass is 10.0. The number of hydrogen-bond donors (Lipinski definition) is 2. The summed E-state index contributed by atoms with van der Waals surface area (Å²) in [6.07, 6.45) is -0.235. The van der Waals surface area contributed by atoms with Gasteiger partial charge in [-0.2, -0.15) is 5.10 Å². The van der Waals surface area contributed by atoms with Crippen LogP contribution in [0.1, 0.15) is 50.5 Å². The van der Waals surface area contributed by atoms with Gasteiger partial charge in [0.1, 0.15) is 5.60 Å². The van der Waals surface area contributed by atoms with Gasteiger partial charge in [-0.15, -0.1) is 0 Å². The van der Waals surface area contributed by atoms with Gasteiger partial charge in [0.2, 0.25) is 0 Å². The summed E-state index contributed by atoms with van der Waals surface area (Å²) in [6, 6.07) is 18.0. The lowest BCUT2D eigenvalue weighted by molar-refractivity contribution is 0.0139. The number of piperazine rings is 1. The van der Waals surface area contributed by atoms with Crippen molar-refractivity contribution < 1.29 is 14.3 Å². The number of benzene rings is 2. The molecule has 37 heavy (non-hydrogen) atoms. The second-order valence-electron chi connectivity index (χ2n) is 10.8. The Kier molecular flexibility index (Phi) is 7.97. The molecule has 2 amide bonds. The van der Waals surface area contributed by atoms with Crippen LogP contribution in [0.2, 0.25) is 0 Å². The van der Waals surface area contributed by atoms with Crippen molar-refractivity contribution >= 4 is 12.0 Å². The molecule has 2 N–H and O–H groups in total. The number of nitrogens with one attached hydrogen (secondary N) is 2. The first-order chi connectivity index (χ1) is 17.6. The number of H-pyrrole nitrogens is 1. The molecule has 8 nitrogen and oxygen atoms in total. The summed E-state index contributed by atoms with van der Waals surface area (Å²) in [5.74, 6) is -0.0885. The molecule has 8 heteroatoms. The van der Waals surface area contributed by atoms with Gasteiger partial charge in [-0.05, 0) is 63.9 Å². The quantitative estimate of drug-likeness (QED) is 0.498. The number of ether oxygens (including phenoxy) is 1. The highest BCUT2D eigenvalue weighted by molar-refractivity contribution is 5.95. The van der Waals surface area contributed by atoms with Crippen molar-refractivity contribution in [3.63, 3.8) is 0 Å². The predicted octanol–water partition coefficient (Wildman–Crippen LogP) is 4.93. The topological polar surface area (TPSA) is 90.6 Å². The Bertz CT molecular complexity index is 1220. The van der Waals surface area contributed by atoms with E-state index in [1.54, 1.807) is 4.90 Å². The molecule has 0 saturated carbocycles. The first kappa shape index (κ1) is 26.4. The molecule has 2 aromatic carbocycles. The van der Waals surface area contributed by atoms with E-state index in [9.17, 15) is 9.59 Å². The summed E-state index contributed by atoms with van der Waals surface area (Å²) in [6.45, 7) is 13.4. The fourth-order valence-corrected chi connectivity index (χ4v) is 4.25. The highest BCUT2D eigenvalue weighted by atomic mass is 16.6. The predicted molar refractivity (Wildman–Crippen MR) is 145 cm³/mol. The maximum atomic E-state index is 12.4. The molecule has 4 rings (SSSR count). The van der Waals surface area contributed by atoms with Crippen LogP contribution in [0.15, 0.2) is 54.6 Å². The molecule has 0 radical (unpaired) electrons. The zero-order chi connectivity index (χ0) is 26.6. The molecule has 3 aromatic rings. The fraction of sp³-hybridized carbons (Fsp3) is 0.414. The SMILES string of the molecule is CC(C)NC(=O)c1cccc(-c2cc(-c3ccc(CN4CCN(C(=O)OC(C)(C)C)CC4)cc3)[nH]n2)c1. The van der Waals surface area contributed by atoms with Gasteiger partial charge in [-0.1, -0.05) is 36.4 Å². The number of aromatic amines is 1. The van der Waals surface area contributed by atoms with Gasteiger partial charge < -0.3 is 15.0 Å². The highest BCUT2D eigenvalue weighted by Gasteiger charge is 2.25. The van der Waals surface area contributed by atoms with Gasteiger partial charge in [-0.3, -0.25) is 14.8 Å². The van der Waals surface area contributed by atoms with E-state index in [-0.39, 0.29) is 18.0 Å². The summed E-state index contributed by atoms with van der Waals surface area (Å²) < 4.78 is 5.49. The van der Waals surface area contributed by atoms with E-state index < -0.39 is 5.60 Å². The third-order valence-electron chi connectivity index (χ3n) is 6.11. The summed E-state index contributed by atoms with van der Waals surface area (Å²) in [5.41, 5.74) is 5.02. The second kappa shape index (κ2) is 11.2. The molecule has 0 unspecified atom stereocenters.